The number of carboxylic acid groups (broad SMARTS) is 1. The maximum absolute atomic E-state index is 13.9. The van der Waals surface area contributed by atoms with Gasteiger partial charge in [0, 0.05) is 48.8 Å². The molecular formula is C44H66N2O6. The van der Waals surface area contributed by atoms with Crippen LogP contribution < -0.4 is 0 Å². The lowest BCUT2D eigenvalue weighted by Gasteiger charge is -2.69. The molecule has 0 radical (unpaired) electrons. The summed E-state index contributed by atoms with van der Waals surface area (Å²) in [4.78, 5) is 57.9. The molecule has 0 bridgehead atoms. The van der Waals surface area contributed by atoms with E-state index in [-0.39, 0.29) is 53.4 Å². The Bertz CT molecular complexity index is 1600. The molecule has 52 heavy (non-hydrogen) atoms. The van der Waals surface area contributed by atoms with E-state index >= 15 is 0 Å². The van der Waals surface area contributed by atoms with Crippen LogP contribution in [-0.4, -0.2) is 58.3 Å². The van der Waals surface area contributed by atoms with E-state index in [4.69, 9.17) is 4.74 Å². The van der Waals surface area contributed by atoms with Crippen molar-refractivity contribution < 1.29 is 29.0 Å². The van der Waals surface area contributed by atoms with Crippen LogP contribution in [0.5, 0.6) is 0 Å². The monoisotopic (exact) mass is 718 g/mol. The van der Waals surface area contributed by atoms with E-state index in [2.05, 4.69) is 46.5 Å². The van der Waals surface area contributed by atoms with Gasteiger partial charge in [-0.15, -0.1) is 0 Å². The van der Waals surface area contributed by atoms with Gasteiger partial charge in [0.2, 0.25) is 0 Å². The Kier molecular flexibility index (Phi) is 10.8. The van der Waals surface area contributed by atoms with Crippen LogP contribution in [0.4, 0.5) is 0 Å². The largest absolute Gasteiger partial charge is 0.481 e. The number of hydrogen-bond donors (Lipinski definition) is 1. The zero-order valence-corrected chi connectivity index (χ0v) is 32.6. The van der Waals surface area contributed by atoms with Crippen molar-refractivity contribution in [3.63, 3.8) is 0 Å². The Labute approximate surface area is 312 Å². The number of Topliss-reactive ketones (excluding diaryl/α,β-unsaturated/α-hetero) is 1. The van der Waals surface area contributed by atoms with E-state index in [1.54, 1.807) is 38.4 Å². The highest BCUT2D eigenvalue weighted by Gasteiger charge is 2.66. The number of carbonyl (C=O) groups is 4. The van der Waals surface area contributed by atoms with Crippen LogP contribution in [0, 0.1) is 56.7 Å². The van der Waals surface area contributed by atoms with E-state index in [0.717, 1.165) is 63.4 Å². The lowest BCUT2D eigenvalue weighted by Crippen LogP contribution is -2.63. The number of pyridine rings is 1. The Hall–Kier alpha value is -3.03. The van der Waals surface area contributed by atoms with Gasteiger partial charge in [-0.25, -0.2) is 0 Å². The van der Waals surface area contributed by atoms with E-state index in [0.29, 0.717) is 48.0 Å². The first-order chi connectivity index (χ1) is 23.8. The van der Waals surface area contributed by atoms with E-state index < -0.39 is 17.4 Å². The summed E-state index contributed by atoms with van der Waals surface area (Å²) in [5.41, 5.74) is 1.89. The maximum Gasteiger partial charge on any atom is 0.309 e. The third-order valence-corrected chi connectivity index (χ3v) is 15.3. The summed E-state index contributed by atoms with van der Waals surface area (Å²) in [6.07, 6.45) is 12.7. The highest BCUT2D eigenvalue weighted by atomic mass is 16.5. The molecule has 8 heteroatoms. The first-order valence-corrected chi connectivity index (χ1v) is 19.6. The van der Waals surface area contributed by atoms with Gasteiger partial charge < -0.3 is 14.7 Å². The number of aromatic nitrogens is 1. The third-order valence-electron chi connectivity index (χ3n) is 15.3. The average Bonchev–Trinajstić information content (AvgIpc) is 3.37. The van der Waals surface area contributed by atoms with Crippen LogP contribution in [-0.2, 0) is 19.1 Å². The van der Waals surface area contributed by atoms with Crippen molar-refractivity contribution in [3.05, 3.63) is 41.2 Å². The van der Waals surface area contributed by atoms with Gasteiger partial charge in [0.15, 0.2) is 5.78 Å². The molecule has 6 rings (SSSR count). The second-order valence-electron chi connectivity index (χ2n) is 19.3. The normalized spacial score (nSPS) is 35.0. The Morgan fingerprint density at radius 2 is 1.62 bits per heavy atom. The number of hydrogen-bond acceptors (Lipinski definition) is 6. The predicted molar refractivity (Wildman–Crippen MR) is 203 cm³/mol. The average molecular weight is 719 g/mol. The van der Waals surface area contributed by atoms with Gasteiger partial charge in [-0.3, -0.25) is 24.2 Å². The number of carboxylic acids is 1. The molecule has 4 fully saturated rings. The van der Waals surface area contributed by atoms with Crippen molar-refractivity contribution in [1.29, 1.82) is 0 Å². The van der Waals surface area contributed by atoms with Crippen molar-refractivity contribution in [2.24, 2.45) is 56.7 Å². The van der Waals surface area contributed by atoms with Crippen LogP contribution in [0.3, 0.4) is 0 Å². The molecule has 1 heterocycles. The third kappa shape index (κ3) is 6.46. The SMILES string of the molecule is C.CC(C)C1=C2C3CCC4C(C)(CCC5C(C)(C)C(OC(=O)CC(C)(C)C(=O)O)CCC54C)C3CCC2(CCN(C)C(=O)c2ccncc2)CC1=O. The smallest absolute Gasteiger partial charge is 0.309 e. The van der Waals surface area contributed by atoms with Gasteiger partial charge in [-0.2, -0.15) is 0 Å². The summed E-state index contributed by atoms with van der Waals surface area (Å²) in [6.45, 7) is 17.8. The molecule has 5 aliphatic carbocycles. The fourth-order valence-corrected chi connectivity index (χ4v) is 12.8. The van der Waals surface area contributed by atoms with Gasteiger partial charge in [0.1, 0.15) is 6.10 Å². The van der Waals surface area contributed by atoms with Gasteiger partial charge in [-0.1, -0.05) is 54.5 Å². The zero-order valence-electron chi connectivity index (χ0n) is 32.6. The molecule has 5 aliphatic rings. The molecule has 8 atom stereocenters. The Morgan fingerprint density at radius 3 is 2.25 bits per heavy atom. The van der Waals surface area contributed by atoms with Crippen molar-refractivity contribution in [3.8, 4) is 0 Å². The summed E-state index contributed by atoms with van der Waals surface area (Å²) in [5.74, 6) is 0.963. The molecule has 1 amide bonds. The number of fused-ring (bicyclic) bond motifs is 7. The second-order valence-corrected chi connectivity index (χ2v) is 19.3. The quantitative estimate of drug-likeness (QED) is 0.253. The summed E-state index contributed by atoms with van der Waals surface area (Å²) in [6, 6.07) is 3.53. The number of nitrogens with zero attached hydrogens (tertiary/aromatic N) is 2. The van der Waals surface area contributed by atoms with E-state index in [1.807, 2.05) is 11.9 Å². The van der Waals surface area contributed by atoms with Crippen molar-refractivity contribution in [1.82, 2.24) is 9.88 Å². The van der Waals surface area contributed by atoms with E-state index in [9.17, 15) is 24.3 Å². The molecule has 288 valence electrons. The zero-order chi connectivity index (χ0) is 37.3. The fraction of sp³-hybridized carbons (Fsp3) is 0.750. The molecule has 1 aromatic heterocycles. The molecule has 1 aromatic rings. The lowest BCUT2D eigenvalue weighted by molar-refractivity contribution is -0.213. The first-order valence-electron chi connectivity index (χ1n) is 19.6. The van der Waals surface area contributed by atoms with Crippen LogP contribution >= 0.6 is 0 Å². The van der Waals surface area contributed by atoms with Crippen molar-refractivity contribution in [2.75, 3.05) is 13.6 Å². The number of ketones is 1. The van der Waals surface area contributed by atoms with Crippen molar-refractivity contribution in [2.45, 2.75) is 140 Å². The number of aliphatic carboxylic acids is 1. The van der Waals surface area contributed by atoms with Gasteiger partial charge in [0.25, 0.3) is 5.91 Å². The Morgan fingerprint density at radius 1 is 0.962 bits per heavy atom. The molecule has 0 saturated heterocycles. The minimum Gasteiger partial charge on any atom is -0.481 e. The Balaban J connectivity index is 0.00000523. The van der Waals surface area contributed by atoms with Crippen LogP contribution in [0.15, 0.2) is 35.7 Å². The van der Waals surface area contributed by atoms with Gasteiger partial charge in [0.05, 0.1) is 11.8 Å². The standard InChI is InChI=1S/C43H62N2O6.CH4/c1-26(2)35-30(46)24-43(20-23-45(9)37(48)27-15-21-44-22-16-27)19-12-29-28(36(35)43)10-11-32-41(29,7)17-13-31-40(5,6)33(14-18-42(31,32)8)51-34(47)25-39(3,4)38(49)50;/h15-16,21-22,26,28-29,31-33H,10-14,17-20,23-25H2,1-9H3,(H,49,50);1H4. The minimum atomic E-state index is -1.16. The molecule has 0 aromatic carbocycles. The van der Waals surface area contributed by atoms with Gasteiger partial charge in [-0.05, 0) is 130 Å². The molecular weight excluding hydrogens is 652 g/mol. The summed E-state index contributed by atoms with van der Waals surface area (Å²) < 4.78 is 6.15. The fourth-order valence-electron chi connectivity index (χ4n) is 12.8. The van der Waals surface area contributed by atoms with Crippen LogP contribution in [0.25, 0.3) is 0 Å². The van der Waals surface area contributed by atoms with E-state index in [1.165, 1.54) is 5.57 Å². The maximum atomic E-state index is 13.9. The molecule has 8 nitrogen and oxygen atoms in total. The van der Waals surface area contributed by atoms with Crippen molar-refractivity contribution >= 4 is 23.6 Å². The highest BCUT2D eigenvalue weighted by molar-refractivity contribution is 6.00. The second kappa shape index (κ2) is 14.0. The molecule has 1 N–H and O–H groups in total. The minimum absolute atomic E-state index is 0. The predicted octanol–water partition coefficient (Wildman–Crippen LogP) is 9.18. The number of ether oxygens (including phenoxy) is 1. The topological polar surface area (TPSA) is 114 Å². The van der Waals surface area contributed by atoms with Gasteiger partial charge >= 0.3 is 11.9 Å². The number of amides is 1. The summed E-state index contributed by atoms with van der Waals surface area (Å²) in [7, 11) is 1.88. The molecule has 0 aliphatic heterocycles. The molecule has 8 unspecified atom stereocenters. The lowest BCUT2D eigenvalue weighted by atomic mass is 9.36. The van der Waals surface area contributed by atoms with Crippen LogP contribution in [0.1, 0.15) is 144 Å². The highest BCUT2D eigenvalue weighted by Crippen LogP contribution is 2.73. The number of carbonyl (C=O) groups excluding carboxylic acids is 3. The summed E-state index contributed by atoms with van der Waals surface area (Å²) in [5, 5.41) is 9.59. The first kappa shape index (κ1) is 40.2. The number of allylic oxidation sites excluding steroid dienone is 2. The molecule has 0 spiro atoms. The summed E-state index contributed by atoms with van der Waals surface area (Å²) >= 11 is 0. The number of rotatable bonds is 9. The number of esters is 1. The molecule has 4 saturated carbocycles. The van der Waals surface area contributed by atoms with Crippen LogP contribution in [0.2, 0.25) is 0 Å².